The summed E-state index contributed by atoms with van der Waals surface area (Å²) in [4.78, 5) is 44.1. The number of nitrogens with one attached hydrogen (secondary N) is 1. The number of carboxylic acid groups (broad SMARTS) is 1. The van der Waals surface area contributed by atoms with Gasteiger partial charge < -0.3 is 24.1 Å². The minimum Gasteiger partial charge on any atom is -0.497 e. The van der Waals surface area contributed by atoms with Gasteiger partial charge in [0, 0.05) is 50.5 Å². The lowest BCUT2D eigenvalue weighted by atomic mass is 10.0. The first-order chi connectivity index (χ1) is 37.8. The third kappa shape index (κ3) is 13.4. The highest BCUT2D eigenvalue weighted by Gasteiger charge is 2.43. The van der Waals surface area contributed by atoms with Crippen molar-refractivity contribution in [2.45, 2.75) is 114 Å². The number of hydrogen-bond donors (Lipinski definition) is 2. The molecule has 0 unspecified atom stereocenters. The monoisotopic (exact) mass is 1150 g/mol. The molecule has 1 saturated heterocycles. The molecule has 0 saturated carbocycles. The maximum Gasteiger partial charge on any atom is 0.407 e. The van der Waals surface area contributed by atoms with E-state index in [4.69, 9.17) is 14.3 Å². The van der Waals surface area contributed by atoms with Crippen molar-refractivity contribution in [3.05, 3.63) is 161 Å². The Bertz CT molecular complexity index is 3400. The van der Waals surface area contributed by atoms with Crippen LogP contribution in [0.25, 0.3) is 11.4 Å². The van der Waals surface area contributed by atoms with E-state index >= 15 is 16.8 Å². The third-order valence-corrected chi connectivity index (χ3v) is 22.9. The smallest absolute Gasteiger partial charge is 0.407 e. The normalized spacial score (nSPS) is 15.4. The summed E-state index contributed by atoms with van der Waals surface area (Å²) in [5.74, 6) is -0.341. The molecule has 2 aliphatic rings. The maximum absolute atomic E-state index is 16.4. The van der Waals surface area contributed by atoms with Gasteiger partial charge in [0.25, 0.3) is 11.8 Å². The second kappa shape index (κ2) is 23.9. The topological polar surface area (TPSA) is 227 Å². The van der Waals surface area contributed by atoms with Gasteiger partial charge in [-0.15, -0.1) is 10.2 Å². The number of carbonyl (C=O) groups excluding carboxylic acids is 2. The van der Waals surface area contributed by atoms with Crippen LogP contribution < -0.4 is 14.4 Å². The zero-order valence-electron chi connectivity index (χ0n) is 46.8. The molecular formula is C58H71N9O10S2Si. The van der Waals surface area contributed by atoms with Gasteiger partial charge in [0.2, 0.25) is 25.9 Å². The number of anilines is 1. The summed E-state index contributed by atoms with van der Waals surface area (Å²) in [6, 6.07) is 34.7. The Morgan fingerprint density at radius 1 is 0.812 bits per heavy atom. The molecule has 2 N–H and O–H groups in total. The van der Waals surface area contributed by atoms with Gasteiger partial charge in [-0.2, -0.15) is 9.10 Å². The number of benzene rings is 5. The standard InChI is InChI=1S/C58H71N9O10S2Si/c1-57(2,3)66(56(70)71)40-46(77-80(8,9)58(4,5)6)35-59-78(72,73)50-31-30-49(63-33-18-23-43(36-63)32-34-65-54(68)47-24-16-17-25-48(47)55(65)69)51(53-60-62-67(61-53)39-44-26-28-45(76-7)29-27-44)52(50)79(74,75)64(37-41-19-12-10-13-20-41)38-42-21-14-11-15-22-42/h10-17,19-22,24-32,46,59H,18,23,33-40H2,1-9H3,(H,70,71)/t46-/m0/s1. The number of aromatic nitrogens is 4. The van der Waals surface area contributed by atoms with E-state index in [9.17, 15) is 19.5 Å². The van der Waals surface area contributed by atoms with Crippen LogP contribution in [0.1, 0.15) is 91.8 Å². The van der Waals surface area contributed by atoms with Crippen molar-refractivity contribution >= 4 is 52.0 Å². The van der Waals surface area contributed by atoms with E-state index in [1.807, 2.05) is 69.1 Å². The minimum absolute atomic E-state index is 0.000140. The summed E-state index contributed by atoms with van der Waals surface area (Å²) in [7, 11) is -11.0. The molecule has 19 nitrogen and oxygen atoms in total. The van der Waals surface area contributed by atoms with Crippen LogP contribution in [-0.2, 0) is 44.1 Å². The molecule has 0 aliphatic carbocycles. The van der Waals surface area contributed by atoms with Gasteiger partial charge in [0.05, 0.1) is 43.0 Å². The molecule has 5 aromatic carbocycles. The van der Waals surface area contributed by atoms with E-state index < -0.39 is 74.3 Å². The van der Waals surface area contributed by atoms with Gasteiger partial charge in [0.15, 0.2) is 8.32 Å². The van der Waals surface area contributed by atoms with Crippen molar-refractivity contribution in [1.29, 1.82) is 0 Å². The molecule has 2 aliphatic heterocycles. The first-order valence-corrected chi connectivity index (χ1v) is 32.3. The second-order valence-electron chi connectivity index (χ2n) is 22.6. The van der Waals surface area contributed by atoms with Crippen molar-refractivity contribution in [2.75, 3.05) is 44.7 Å². The second-order valence-corrected chi connectivity index (χ2v) is 31.0. The lowest BCUT2D eigenvalue weighted by molar-refractivity contribution is 0.0613. The average molecular weight is 1150 g/mol. The predicted molar refractivity (Wildman–Crippen MR) is 308 cm³/mol. The van der Waals surface area contributed by atoms with Gasteiger partial charge in [-0.1, -0.05) is 117 Å². The maximum atomic E-state index is 16.4. The Labute approximate surface area is 470 Å². The Hall–Kier alpha value is -7.08. The Kier molecular flexibility index (Phi) is 17.7. The third-order valence-electron chi connectivity index (χ3n) is 14.8. The Morgan fingerprint density at radius 3 is 1.95 bits per heavy atom. The van der Waals surface area contributed by atoms with Crippen LogP contribution in [-0.4, -0.2) is 134 Å². The molecular weight excluding hydrogens is 1070 g/mol. The predicted octanol–water partition coefficient (Wildman–Crippen LogP) is 9.06. The number of hydrogen-bond acceptors (Lipinski definition) is 13. The fourth-order valence-corrected chi connectivity index (χ4v) is 14.3. The fourth-order valence-electron chi connectivity index (χ4n) is 9.49. The van der Waals surface area contributed by atoms with Crippen molar-refractivity contribution in [3.8, 4) is 17.1 Å². The number of imide groups is 1. The highest BCUT2D eigenvalue weighted by atomic mass is 32.2. The first-order valence-electron chi connectivity index (χ1n) is 26.5. The number of carbonyl (C=O) groups is 3. The molecule has 80 heavy (non-hydrogen) atoms. The SMILES string of the molecule is COc1ccc(Cn2nnc(-c3c(N4CCCC(=CCN5C(=O)c6ccccc6C5=O)C4)ccc(S(=O)(=O)NC[C@@H](CN(C(=O)O)C(C)(C)C)O[Si](C)(C)C(C)(C)C)c3S(=O)(=O)N(Cc3ccccc3)Cc3ccccc3)n2)cc1. The van der Waals surface area contributed by atoms with Crippen molar-refractivity contribution in [2.24, 2.45) is 0 Å². The molecule has 1 aromatic heterocycles. The molecule has 0 bridgehead atoms. The molecule has 8 rings (SSSR count). The highest BCUT2D eigenvalue weighted by molar-refractivity contribution is 7.92. The molecule has 424 valence electrons. The van der Waals surface area contributed by atoms with Crippen LogP contribution >= 0.6 is 0 Å². The zero-order chi connectivity index (χ0) is 57.8. The summed E-state index contributed by atoms with van der Waals surface area (Å²) in [5, 5.41) is 23.8. The quantitative estimate of drug-likeness (QED) is 0.0390. The van der Waals surface area contributed by atoms with E-state index in [-0.39, 0.29) is 55.7 Å². The molecule has 3 amide bonds. The number of fused-ring (bicyclic) bond motifs is 1. The highest BCUT2D eigenvalue weighted by Crippen LogP contribution is 2.43. The van der Waals surface area contributed by atoms with Gasteiger partial charge in [-0.3, -0.25) is 14.5 Å². The van der Waals surface area contributed by atoms with E-state index in [2.05, 4.69) is 15.0 Å². The van der Waals surface area contributed by atoms with E-state index in [0.29, 0.717) is 53.1 Å². The Balaban J connectivity index is 1.31. The van der Waals surface area contributed by atoms with Gasteiger partial charge in [-0.05, 0) is 110 Å². The van der Waals surface area contributed by atoms with Crippen molar-refractivity contribution in [3.63, 3.8) is 0 Å². The molecule has 22 heteroatoms. The fraction of sp³-hybridized carbons (Fsp3) is 0.379. The van der Waals surface area contributed by atoms with Gasteiger partial charge >= 0.3 is 6.09 Å². The number of amides is 3. The number of tetrazole rings is 1. The first kappa shape index (κ1) is 59.0. The van der Waals surface area contributed by atoms with E-state index in [0.717, 1.165) is 11.1 Å². The number of rotatable bonds is 21. The number of piperidine rings is 1. The van der Waals surface area contributed by atoms with Gasteiger partial charge in [0.1, 0.15) is 15.5 Å². The molecule has 0 spiro atoms. The van der Waals surface area contributed by atoms with E-state index in [1.165, 1.54) is 25.0 Å². The summed E-state index contributed by atoms with van der Waals surface area (Å²) in [5.41, 5.74) is 2.81. The van der Waals surface area contributed by atoms with Crippen LogP contribution in [0.15, 0.2) is 143 Å². The summed E-state index contributed by atoms with van der Waals surface area (Å²) in [6.45, 7) is 15.0. The number of ether oxygens (including phenoxy) is 1. The van der Waals surface area contributed by atoms with Crippen LogP contribution in [0.5, 0.6) is 5.75 Å². The summed E-state index contributed by atoms with van der Waals surface area (Å²) >= 11 is 0. The van der Waals surface area contributed by atoms with Crippen molar-refractivity contribution in [1.82, 2.24) is 39.0 Å². The average Bonchev–Trinajstić information content (AvgIpc) is 4.00. The largest absolute Gasteiger partial charge is 0.497 e. The molecule has 0 radical (unpaired) electrons. The van der Waals surface area contributed by atoms with E-state index in [1.54, 1.807) is 119 Å². The van der Waals surface area contributed by atoms with Crippen LogP contribution in [0.2, 0.25) is 18.1 Å². The van der Waals surface area contributed by atoms with Crippen LogP contribution in [0.3, 0.4) is 0 Å². The number of methoxy groups -OCH3 is 1. The number of nitrogens with zero attached hydrogens (tertiary/aromatic N) is 8. The summed E-state index contributed by atoms with van der Waals surface area (Å²) in [6.07, 6.45) is 0.779. The van der Waals surface area contributed by atoms with Crippen LogP contribution in [0.4, 0.5) is 10.5 Å². The molecule has 6 aromatic rings. The zero-order valence-corrected chi connectivity index (χ0v) is 49.4. The lowest BCUT2D eigenvalue weighted by Crippen LogP contribution is -2.55. The van der Waals surface area contributed by atoms with Gasteiger partial charge in [-0.25, -0.2) is 26.4 Å². The molecule has 3 heterocycles. The minimum atomic E-state index is -4.97. The van der Waals surface area contributed by atoms with Crippen LogP contribution in [0, 0.1) is 0 Å². The number of sulfonamides is 2. The Morgan fingerprint density at radius 2 is 1.40 bits per heavy atom. The molecule has 1 atom stereocenters. The lowest BCUT2D eigenvalue weighted by Gasteiger charge is -2.42. The van der Waals surface area contributed by atoms with Crippen molar-refractivity contribution < 1.29 is 45.5 Å². The summed E-state index contributed by atoms with van der Waals surface area (Å²) < 4.78 is 80.0. The molecule has 1 fully saturated rings.